The Morgan fingerprint density at radius 1 is 1.45 bits per heavy atom. The number of aliphatic imine (C=N–C) groups is 1. The molecule has 1 aromatic rings. The van der Waals surface area contributed by atoms with Crippen LogP contribution < -0.4 is 5.32 Å². The Labute approximate surface area is 147 Å². The van der Waals surface area contributed by atoms with Gasteiger partial charge < -0.3 is 19.5 Å². The average molecular weight is 421 g/mol. The summed E-state index contributed by atoms with van der Waals surface area (Å²) in [7, 11) is 1.83. The molecule has 7 nitrogen and oxygen atoms in total. The highest BCUT2D eigenvalue weighted by Gasteiger charge is 2.42. The molecule has 0 amide bonds. The van der Waals surface area contributed by atoms with Crippen LogP contribution in [0.2, 0.25) is 0 Å². The van der Waals surface area contributed by atoms with Gasteiger partial charge in [0.25, 0.3) is 0 Å². The fourth-order valence-corrected chi connectivity index (χ4v) is 3.14. The molecule has 124 valence electrons. The Hall–Kier alpha value is -0.900. The first-order valence-electron chi connectivity index (χ1n) is 7.53. The summed E-state index contributed by atoms with van der Waals surface area (Å²) in [5, 5.41) is 7.17. The summed E-state index contributed by atoms with van der Waals surface area (Å²) >= 11 is 0. The Morgan fingerprint density at radius 3 is 2.95 bits per heavy atom. The number of aromatic nitrogens is 2. The van der Waals surface area contributed by atoms with E-state index in [2.05, 4.69) is 25.3 Å². The molecular formula is C14H24IN5O2. The first kappa shape index (κ1) is 17.5. The summed E-state index contributed by atoms with van der Waals surface area (Å²) in [6.45, 7) is 6.44. The Balaban J connectivity index is 0.00000176. The van der Waals surface area contributed by atoms with Gasteiger partial charge in [-0.05, 0) is 19.8 Å². The van der Waals surface area contributed by atoms with Crippen molar-refractivity contribution in [2.45, 2.75) is 26.2 Å². The standard InChI is InChI=1S/C14H23N5O2.HI/c1-11-17-12(21-18-11)3-6-16-13(15-2)19-7-4-14(9-19)5-8-20-10-14;/h3-10H2,1-2H3,(H,15,16);1H. The number of hydrogen-bond acceptors (Lipinski definition) is 5. The van der Waals surface area contributed by atoms with E-state index in [-0.39, 0.29) is 24.0 Å². The van der Waals surface area contributed by atoms with Gasteiger partial charge in [0.15, 0.2) is 11.8 Å². The molecule has 0 saturated carbocycles. The lowest BCUT2D eigenvalue weighted by Crippen LogP contribution is -2.42. The van der Waals surface area contributed by atoms with Gasteiger partial charge in [-0.2, -0.15) is 4.98 Å². The van der Waals surface area contributed by atoms with E-state index in [0.717, 1.165) is 38.8 Å². The third-order valence-corrected chi connectivity index (χ3v) is 4.33. The molecule has 0 bridgehead atoms. The van der Waals surface area contributed by atoms with Crippen molar-refractivity contribution in [3.8, 4) is 0 Å². The van der Waals surface area contributed by atoms with Crippen LogP contribution in [0.15, 0.2) is 9.52 Å². The average Bonchev–Trinajstić information content (AvgIpc) is 3.19. The van der Waals surface area contributed by atoms with Crippen molar-refractivity contribution in [3.63, 3.8) is 0 Å². The van der Waals surface area contributed by atoms with Gasteiger partial charge in [-0.25, -0.2) is 0 Å². The molecule has 22 heavy (non-hydrogen) atoms. The molecule has 0 aromatic carbocycles. The van der Waals surface area contributed by atoms with Crippen LogP contribution in [0.1, 0.15) is 24.6 Å². The van der Waals surface area contributed by atoms with Crippen molar-refractivity contribution in [1.29, 1.82) is 0 Å². The molecule has 2 aliphatic heterocycles. The second-order valence-electron chi connectivity index (χ2n) is 5.93. The van der Waals surface area contributed by atoms with Gasteiger partial charge in [0.05, 0.1) is 6.61 Å². The predicted molar refractivity (Wildman–Crippen MR) is 93.6 cm³/mol. The van der Waals surface area contributed by atoms with E-state index in [0.29, 0.717) is 23.6 Å². The van der Waals surface area contributed by atoms with E-state index < -0.39 is 0 Å². The maximum absolute atomic E-state index is 5.57. The highest BCUT2D eigenvalue weighted by molar-refractivity contribution is 14.0. The van der Waals surface area contributed by atoms with Crippen molar-refractivity contribution in [2.75, 3.05) is 39.9 Å². The zero-order valence-corrected chi connectivity index (χ0v) is 15.5. The molecule has 1 unspecified atom stereocenters. The lowest BCUT2D eigenvalue weighted by molar-refractivity contribution is 0.156. The van der Waals surface area contributed by atoms with Crippen LogP contribution in [0.3, 0.4) is 0 Å². The van der Waals surface area contributed by atoms with Crippen LogP contribution in [0.25, 0.3) is 0 Å². The van der Waals surface area contributed by atoms with Crippen molar-refractivity contribution in [2.24, 2.45) is 10.4 Å². The molecule has 1 N–H and O–H groups in total. The number of hydrogen-bond donors (Lipinski definition) is 1. The second-order valence-corrected chi connectivity index (χ2v) is 5.93. The highest BCUT2D eigenvalue weighted by Crippen LogP contribution is 2.38. The largest absolute Gasteiger partial charge is 0.381 e. The lowest BCUT2D eigenvalue weighted by atomic mass is 9.87. The molecular weight excluding hydrogens is 397 g/mol. The SMILES string of the molecule is CN=C(NCCc1nc(C)no1)N1CCC2(CCOC2)C1.I. The summed E-state index contributed by atoms with van der Waals surface area (Å²) < 4.78 is 10.7. The molecule has 2 aliphatic rings. The number of likely N-dealkylation sites (tertiary alicyclic amines) is 1. The number of guanidine groups is 1. The molecule has 0 radical (unpaired) electrons. The minimum Gasteiger partial charge on any atom is -0.381 e. The quantitative estimate of drug-likeness (QED) is 0.450. The second kappa shape index (κ2) is 7.58. The minimum absolute atomic E-state index is 0. The number of aryl methyl sites for hydroxylation is 1. The highest BCUT2D eigenvalue weighted by atomic mass is 127. The van der Waals surface area contributed by atoms with E-state index in [4.69, 9.17) is 9.26 Å². The van der Waals surface area contributed by atoms with Gasteiger partial charge in [-0.15, -0.1) is 24.0 Å². The molecule has 1 aromatic heterocycles. The fraction of sp³-hybridized carbons (Fsp3) is 0.786. The smallest absolute Gasteiger partial charge is 0.228 e. The van der Waals surface area contributed by atoms with Crippen LogP contribution >= 0.6 is 24.0 Å². The van der Waals surface area contributed by atoms with Crippen LogP contribution in [0, 0.1) is 12.3 Å². The van der Waals surface area contributed by atoms with Crippen LogP contribution in [-0.4, -0.2) is 60.9 Å². The zero-order chi connectivity index (χ0) is 14.7. The number of rotatable bonds is 3. The molecule has 0 aliphatic carbocycles. The van der Waals surface area contributed by atoms with E-state index in [9.17, 15) is 0 Å². The summed E-state index contributed by atoms with van der Waals surface area (Å²) in [5.41, 5.74) is 0.348. The summed E-state index contributed by atoms with van der Waals surface area (Å²) in [5.74, 6) is 2.30. The Morgan fingerprint density at radius 2 is 2.32 bits per heavy atom. The summed E-state index contributed by atoms with van der Waals surface area (Å²) in [6, 6.07) is 0. The normalized spacial score (nSPS) is 24.8. The summed E-state index contributed by atoms with van der Waals surface area (Å²) in [4.78, 5) is 10.9. The van der Waals surface area contributed by atoms with Crippen molar-refractivity contribution in [1.82, 2.24) is 20.4 Å². The maximum atomic E-state index is 5.57. The molecule has 1 atom stereocenters. The molecule has 2 saturated heterocycles. The lowest BCUT2D eigenvalue weighted by Gasteiger charge is -2.24. The number of ether oxygens (including phenoxy) is 1. The summed E-state index contributed by atoms with van der Waals surface area (Å²) in [6.07, 6.45) is 3.07. The van der Waals surface area contributed by atoms with Gasteiger partial charge in [0.1, 0.15) is 0 Å². The third kappa shape index (κ3) is 3.89. The topological polar surface area (TPSA) is 75.8 Å². The van der Waals surface area contributed by atoms with E-state index in [1.807, 2.05) is 14.0 Å². The van der Waals surface area contributed by atoms with E-state index >= 15 is 0 Å². The molecule has 3 rings (SSSR count). The van der Waals surface area contributed by atoms with Gasteiger partial charge in [0, 0.05) is 45.1 Å². The number of nitrogens with zero attached hydrogens (tertiary/aromatic N) is 4. The van der Waals surface area contributed by atoms with Crippen LogP contribution in [0.4, 0.5) is 0 Å². The number of halogens is 1. The minimum atomic E-state index is 0. The monoisotopic (exact) mass is 421 g/mol. The fourth-order valence-electron chi connectivity index (χ4n) is 3.14. The molecule has 3 heterocycles. The molecule has 2 fully saturated rings. The van der Waals surface area contributed by atoms with Gasteiger partial charge >= 0.3 is 0 Å². The van der Waals surface area contributed by atoms with Crippen LogP contribution in [-0.2, 0) is 11.2 Å². The molecule has 1 spiro atoms. The maximum Gasteiger partial charge on any atom is 0.228 e. The predicted octanol–water partition coefficient (Wildman–Crippen LogP) is 1.23. The Bertz CT molecular complexity index is 513. The van der Waals surface area contributed by atoms with Gasteiger partial charge in [-0.3, -0.25) is 4.99 Å². The third-order valence-electron chi connectivity index (χ3n) is 4.33. The van der Waals surface area contributed by atoms with Crippen molar-refractivity contribution in [3.05, 3.63) is 11.7 Å². The van der Waals surface area contributed by atoms with Crippen LogP contribution in [0.5, 0.6) is 0 Å². The molecule has 8 heteroatoms. The first-order chi connectivity index (χ1) is 10.2. The van der Waals surface area contributed by atoms with E-state index in [1.165, 1.54) is 12.8 Å². The first-order valence-corrected chi connectivity index (χ1v) is 7.53. The van der Waals surface area contributed by atoms with Crippen molar-refractivity contribution < 1.29 is 9.26 Å². The number of nitrogens with one attached hydrogen (secondary N) is 1. The van der Waals surface area contributed by atoms with Gasteiger partial charge in [-0.1, -0.05) is 5.16 Å². The van der Waals surface area contributed by atoms with Crippen molar-refractivity contribution >= 4 is 29.9 Å². The van der Waals surface area contributed by atoms with E-state index in [1.54, 1.807) is 0 Å². The Kier molecular flexibility index (Phi) is 6.01. The van der Waals surface area contributed by atoms with Gasteiger partial charge in [0.2, 0.25) is 5.89 Å². The zero-order valence-electron chi connectivity index (χ0n) is 13.2.